The van der Waals surface area contributed by atoms with Gasteiger partial charge in [0.25, 0.3) is 0 Å². The smallest absolute Gasteiger partial charge is 0.155 e. The van der Waals surface area contributed by atoms with E-state index in [0.29, 0.717) is 0 Å². The minimum atomic E-state index is -3.83. The molecule has 0 spiro atoms. The van der Waals surface area contributed by atoms with Gasteiger partial charge >= 0.3 is 0 Å². The van der Waals surface area contributed by atoms with Crippen LogP contribution in [0.2, 0.25) is 0 Å². The maximum Gasteiger partial charge on any atom is 0.155 e. The van der Waals surface area contributed by atoms with Crippen LogP contribution in [0.15, 0.2) is 0 Å². The Labute approximate surface area is 131 Å². The molecule has 2 atom stereocenters. The van der Waals surface area contributed by atoms with Gasteiger partial charge in [-0.05, 0) is 12.8 Å². The van der Waals surface area contributed by atoms with Crippen LogP contribution in [-0.4, -0.2) is 78.7 Å². The number of sulfone groups is 4. The van der Waals surface area contributed by atoms with Crippen LogP contribution >= 0.6 is 0 Å². The van der Waals surface area contributed by atoms with E-state index in [0.717, 1.165) is 0 Å². The second-order valence-electron chi connectivity index (χ2n) is 5.78. The first-order chi connectivity index (χ1) is 9.83. The first-order valence-electron chi connectivity index (χ1n) is 6.67. The van der Waals surface area contributed by atoms with E-state index in [1.807, 2.05) is 0 Å². The lowest BCUT2D eigenvalue weighted by Gasteiger charge is -2.12. The first-order valence-corrected chi connectivity index (χ1v) is 13.7. The highest BCUT2D eigenvalue weighted by Gasteiger charge is 2.40. The molecule has 0 amide bonds. The van der Waals surface area contributed by atoms with Crippen LogP contribution < -0.4 is 0 Å². The van der Waals surface area contributed by atoms with Crippen molar-refractivity contribution in [1.82, 2.24) is 0 Å². The molecule has 0 saturated carbocycles. The standard InChI is InChI=1S/C10H18O8S4/c11-19(12)3-1-9(7-19)21(15,16)5-6-22(17,18)10-2-4-20(13,14)8-10/h9-10H,1-8H2/t9-,10+. The molecule has 2 rings (SSSR count). The molecule has 0 N–H and O–H groups in total. The van der Waals surface area contributed by atoms with Crippen molar-refractivity contribution in [2.45, 2.75) is 23.3 Å². The average Bonchev–Trinajstić information content (AvgIpc) is 2.90. The lowest BCUT2D eigenvalue weighted by Crippen LogP contribution is -2.32. The van der Waals surface area contributed by atoms with E-state index < -0.39 is 72.9 Å². The largest absolute Gasteiger partial charge is 0.229 e. The molecule has 12 heteroatoms. The summed E-state index contributed by atoms with van der Waals surface area (Å²) in [5.74, 6) is -2.66. The summed E-state index contributed by atoms with van der Waals surface area (Å²) in [5.41, 5.74) is 0. The Hall–Kier alpha value is -0.200. The Balaban J connectivity index is 2.03. The van der Waals surface area contributed by atoms with Crippen LogP contribution in [-0.2, 0) is 39.3 Å². The maximum absolute atomic E-state index is 12.1. The molecule has 130 valence electrons. The van der Waals surface area contributed by atoms with Gasteiger partial charge in [-0.15, -0.1) is 0 Å². The summed E-state index contributed by atoms with van der Waals surface area (Å²) in [6, 6.07) is 0. The normalized spacial score (nSPS) is 31.3. The molecule has 2 heterocycles. The van der Waals surface area contributed by atoms with Crippen LogP contribution in [0.4, 0.5) is 0 Å². The highest BCUT2D eigenvalue weighted by atomic mass is 32.2. The summed E-state index contributed by atoms with van der Waals surface area (Å²) in [6.45, 7) is 0. The molecule has 0 radical (unpaired) electrons. The first kappa shape index (κ1) is 18.1. The molecular formula is C10H18O8S4. The average molecular weight is 395 g/mol. The van der Waals surface area contributed by atoms with Crippen molar-refractivity contribution < 1.29 is 33.7 Å². The maximum atomic E-state index is 12.1. The molecule has 0 unspecified atom stereocenters. The fourth-order valence-electron chi connectivity index (χ4n) is 2.65. The van der Waals surface area contributed by atoms with Gasteiger partial charge in [-0.1, -0.05) is 0 Å². The third kappa shape index (κ3) is 4.20. The highest BCUT2D eigenvalue weighted by molar-refractivity contribution is 7.98. The molecule has 0 aromatic carbocycles. The second-order valence-corrected chi connectivity index (χ2v) is 15.0. The van der Waals surface area contributed by atoms with E-state index in [1.165, 1.54) is 0 Å². The Morgan fingerprint density at radius 3 is 1.23 bits per heavy atom. The van der Waals surface area contributed by atoms with Crippen molar-refractivity contribution in [3.63, 3.8) is 0 Å². The monoisotopic (exact) mass is 394 g/mol. The number of rotatable bonds is 5. The SMILES string of the molecule is O=S1(=O)CC[C@@H](S(=O)(=O)CCS(=O)(=O)[C@H]2CCS(=O)(=O)C2)C1. The van der Waals surface area contributed by atoms with Gasteiger partial charge in [0.1, 0.15) is 0 Å². The van der Waals surface area contributed by atoms with Crippen LogP contribution in [0, 0.1) is 0 Å². The van der Waals surface area contributed by atoms with Gasteiger partial charge in [0.05, 0.1) is 45.0 Å². The van der Waals surface area contributed by atoms with E-state index in [1.54, 1.807) is 0 Å². The van der Waals surface area contributed by atoms with Crippen LogP contribution in [0.5, 0.6) is 0 Å². The minimum absolute atomic E-state index is 0.0114. The van der Waals surface area contributed by atoms with Gasteiger partial charge in [-0.3, -0.25) is 0 Å². The molecule has 2 aliphatic heterocycles. The van der Waals surface area contributed by atoms with Crippen molar-refractivity contribution in [2.24, 2.45) is 0 Å². The van der Waals surface area contributed by atoms with E-state index in [2.05, 4.69) is 0 Å². The minimum Gasteiger partial charge on any atom is -0.229 e. The second kappa shape index (κ2) is 5.71. The number of hydrogen-bond donors (Lipinski definition) is 0. The number of hydrogen-bond acceptors (Lipinski definition) is 8. The summed E-state index contributed by atoms with van der Waals surface area (Å²) < 4.78 is 93.5. The molecule has 0 aromatic heterocycles. The van der Waals surface area contributed by atoms with Crippen LogP contribution in [0.3, 0.4) is 0 Å². The summed E-state index contributed by atoms with van der Waals surface area (Å²) in [4.78, 5) is 0. The lowest BCUT2D eigenvalue weighted by atomic mass is 10.4. The molecule has 0 bridgehead atoms. The van der Waals surface area contributed by atoms with E-state index in [-0.39, 0.29) is 24.3 Å². The quantitative estimate of drug-likeness (QED) is 0.532. The van der Waals surface area contributed by atoms with Gasteiger partial charge in [-0.2, -0.15) is 0 Å². The molecule has 2 fully saturated rings. The molecule has 0 aromatic rings. The zero-order valence-corrected chi connectivity index (χ0v) is 15.0. The van der Waals surface area contributed by atoms with E-state index in [4.69, 9.17) is 0 Å². The lowest BCUT2D eigenvalue weighted by molar-refractivity contribution is 0.574. The van der Waals surface area contributed by atoms with Crippen LogP contribution in [0.25, 0.3) is 0 Å². The van der Waals surface area contributed by atoms with Gasteiger partial charge < -0.3 is 0 Å². The van der Waals surface area contributed by atoms with Crippen molar-refractivity contribution in [1.29, 1.82) is 0 Å². The highest BCUT2D eigenvalue weighted by Crippen LogP contribution is 2.23. The molecule has 2 saturated heterocycles. The van der Waals surface area contributed by atoms with Crippen molar-refractivity contribution in [2.75, 3.05) is 34.5 Å². The Bertz CT molecular complexity index is 774. The molecule has 0 aliphatic carbocycles. The van der Waals surface area contributed by atoms with E-state index in [9.17, 15) is 33.7 Å². The Morgan fingerprint density at radius 2 is 1.00 bits per heavy atom. The Kier molecular flexibility index (Phi) is 4.71. The summed E-state index contributed by atoms with van der Waals surface area (Å²) >= 11 is 0. The summed E-state index contributed by atoms with van der Waals surface area (Å²) in [5, 5.41) is -2.11. The van der Waals surface area contributed by atoms with Crippen molar-refractivity contribution in [3.8, 4) is 0 Å². The van der Waals surface area contributed by atoms with Crippen LogP contribution in [0.1, 0.15) is 12.8 Å². The fourth-order valence-corrected chi connectivity index (χ4v) is 12.4. The third-order valence-corrected chi connectivity index (χ3v) is 12.6. The van der Waals surface area contributed by atoms with Crippen molar-refractivity contribution >= 4 is 39.3 Å². The topological polar surface area (TPSA) is 137 Å². The van der Waals surface area contributed by atoms with Gasteiger partial charge in [0.15, 0.2) is 39.3 Å². The van der Waals surface area contributed by atoms with Gasteiger partial charge in [0, 0.05) is 0 Å². The summed E-state index contributed by atoms with van der Waals surface area (Å²) in [7, 11) is -14.4. The molecule has 2 aliphatic rings. The zero-order valence-electron chi connectivity index (χ0n) is 11.7. The van der Waals surface area contributed by atoms with Crippen molar-refractivity contribution in [3.05, 3.63) is 0 Å². The fraction of sp³-hybridized carbons (Fsp3) is 1.00. The van der Waals surface area contributed by atoms with E-state index >= 15 is 0 Å². The van der Waals surface area contributed by atoms with Gasteiger partial charge in [-0.25, -0.2) is 33.7 Å². The predicted molar refractivity (Wildman–Crippen MR) is 81.7 cm³/mol. The molecular weight excluding hydrogens is 376 g/mol. The third-order valence-electron chi connectivity index (χ3n) is 4.05. The molecule has 8 nitrogen and oxygen atoms in total. The zero-order chi connectivity index (χ0) is 16.8. The summed E-state index contributed by atoms with van der Waals surface area (Å²) in [6.07, 6.45) is -0.0228. The predicted octanol–water partition coefficient (Wildman–Crippen LogP) is -1.81. The Morgan fingerprint density at radius 1 is 0.682 bits per heavy atom. The molecule has 22 heavy (non-hydrogen) atoms. The van der Waals surface area contributed by atoms with Gasteiger partial charge in [0.2, 0.25) is 0 Å².